The van der Waals surface area contributed by atoms with Crippen molar-refractivity contribution in [2.45, 2.75) is 111 Å². The normalized spacial score (nSPS) is 20.3. The van der Waals surface area contributed by atoms with Gasteiger partial charge in [0.15, 0.2) is 0 Å². The number of rotatable bonds is 19. The van der Waals surface area contributed by atoms with Gasteiger partial charge in [-0.05, 0) is 72.2 Å². The number of anilines is 1. The highest BCUT2D eigenvalue weighted by Crippen LogP contribution is 2.55. The van der Waals surface area contributed by atoms with Crippen molar-refractivity contribution in [1.29, 1.82) is 0 Å². The molecule has 2 heterocycles. The Hall–Kier alpha value is -5.22. The molecule has 0 unspecified atom stereocenters. The summed E-state index contributed by atoms with van der Waals surface area (Å²) < 4.78 is 17.9. The van der Waals surface area contributed by atoms with Crippen LogP contribution >= 0.6 is 22.9 Å². The molecule has 16 heteroatoms. The van der Waals surface area contributed by atoms with Gasteiger partial charge in [0.05, 0.1) is 33.8 Å². The lowest BCUT2D eigenvalue weighted by Gasteiger charge is -2.63. The molecule has 3 atom stereocenters. The Balaban J connectivity index is 0.874. The number of carbonyl (C=O) groups excluding carboxylic acids is 4. The van der Waals surface area contributed by atoms with Crippen molar-refractivity contribution in [3.8, 4) is 21.9 Å². The summed E-state index contributed by atoms with van der Waals surface area (Å²) in [6.45, 7) is 14.7. The third kappa shape index (κ3) is 12.2. The number of amides is 4. The molecule has 1 aliphatic carbocycles. The molecular weight excluding hydrogens is 868 g/mol. The molecule has 1 saturated carbocycles. The first-order chi connectivity index (χ1) is 30.7. The first-order valence-corrected chi connectivity index (χ1v) is 23.4. The summed E-state index contributed by atoms with van der Waals surface area (Å²) in [7, 11) is 0. The van der Waals surface area contributed by atoms with Crippen molar-refractivity contribution in [1.82, 2.24) is 25.8 Å². The first kappa shape index (κ1) is 49.2. The number of carbonyl (C=O) groups is 4. The van der Waals surface area contributed by atoms with Gasteiger partial charge in [-0.3, -0.25) is 24.2 Å². The van der Waals surface area contributed by atoms with Gasteiger partial charge in [-0.2, -0.15) is 0 Å². The number of benzene rings is 3. The number of ether oxygens (including phenoxy) is 3. The summed E-state index contributed by atoms with van der Waals surface area (Å²) >= 11 is 7.76. The third-order valence-electron chi connectivity index (χ3n) is 12.3. The van der Waals surface area contributed by atoms with E-state index in [1.54, 1.807) is 65.5 Å². The maximum absolute atomic E-state index is 13.9. The van der Waals surface area contributed by atoms with Crippen LogP contribution in [0.4, 0.5) is 5.69 Å². The summed E-state index contributed by atoms with van der Waals surface area (Å²) in [5.74, 6) is -0.130. The van der Waals surface area contributed by atoms with E-state index >= 15 is 0 Å². The van der Waals surface area contributed by atoms with Gasteiger partial charge in [0.2, 0.25) is 17.7 Å². The van der Waals surface area contributed by atoms with Gasteiger partial charge >= 0.3 is 0 Å². The fraction of sp³-hybridized carbons (Fsp3) is 0.490. The summed E-state index contributed by atoms with van der Waals surface area (Å²) in [5, 5.41) is 19.9. The van der Waals surface area contributed by atoms with Crippen molar-refractivity contribution in [2.75, 3.05) is 32.1 Å². The maximum Gasteiger partial charge on any atom is 0.251 e. The first-order valence-electron chi connectivity index (χ1n) is 22.1. The molecule has 4 amide bonds. The van der Waals surface area contributed by atoms with Crippen molar-refractivity contribution >= 4 is 52.3 Å². The molecule has 2 fully saturated rings. The highest BCUT2D eigenvalue weighted by molar-refractivity contribution is 7.13. The van der Waals surface area contributed by atoms with Gasteiger partial charge < -0.3 is 45.9 Å². The molecule has 1 saturated heterocycles. The number of nitrogens with two attached hydrogens (primary N) is 1. The fourth-order valence-electron chi connectivity index (χ4n) is 9.05. The van der Waals surface area contributed by atoms with E-state index in [9.17, 15) is 24.3 Å². The average molecular weight is 932 g/mol. The zero-order valence-corrected chi connectivity index (χ0v) is 39.9. The van der Waals surface area contributed by atoms with E-state index < -0.39 is 35.4 Å². The van der Waals surface area contributed by atoms with Crippen molar-refractivity contribution in [3.05, 3.63) is 94.6 Å². The topological polar surface area (TPSA) is 194 Å². The number of halogens is 1. The second-order valence-electron chi connectivity index (χ2n) is 19.3. The minimum Gasteiger partial charge on any atom is -0.494 e. The Labute approximate surface area is 391 Å². The number of β-amino-alcohol motifs (C(OH)–C–C–N with tert-alkyl or cyclic N) is 1. The minimum atomic E-state index is -0.948. The lowest BCUT2D eigenvalue weighted by molar-refractivity contribution is -0.164. The predicted molar refractivity (Wildman–Crippen MR) is 253 cm³/mol. The number of unbranched alkanes of at least 4 members (excludes halogenated alkanes) is 2. The van der Waals surface area contributed by atoms with Crippen LogP contribution in [0.2, 0.25) is 5.02 Å². The van der Waals surface area contributed by atoms with Gasteiger partial charge in [-0.25, -0.2) is 0 Å². The molecule has 6 rings (SSSR count). The summed E-state index contributed by atoms with van der Waals surface area (Å²) in [5.41, 5.74) is 9.19. The van der Waals surface area contributed by atoms with E-state index in [4.69, 9.17) is 31.5 Å². The molecule has 6 N–H and O–H groups in total. The molecule has 350 valence electrons. The number of nitrogen functional groups attached to an aromatic ring is 1. The highest BCUT2D eigenvalue weighted by Gasteiger charge is 2.64. The smallest absolute Gasteiger partial charge is 0.251 e. The Morgan fingerprint density at radius 2 is 1.63 bits per heavy atom. The monoisotopic (exact) mass is 930 g/mol. The van der Waals surface area contributed by atoms with Crippen molar-refractivity contribution in [3.63, 3.8) is 0 Å². The highest BCUT2D eigenvalue weighted by atomic mass is 35.5. The average Bonchev–Trinajstić information content (AvgIpc) is 3.95. The second-order valence-corrected chi connectivity index (χ2v) is 20.6. The standard InChI is InChI=1S/C49H63ClN6O8S/c1-47(2,3)41(44(61)56-27-33(57)23-38(56)43(60)53-25-30-11-13-31(14-12-30)39-26-52-29-65-39)54-40(58)28-62-21-9-8-10-22-63-34-17-15-32(16-18-34)42(59)55-45-48(4,5)46(49(45,6)7)64-35-19-20-37(51)36(50)24-35/h11-20,24,26,29,33,38,41,45-46,57H,8-10,21-23,25,27-28,51H2,1-7H3,(H,53,60)(H,54,58)(H,55,59)/t33-,38+,41-,45-,46-/m1/s1. The molecule has 1 aliphatic heterocycles. The zero-order chi connectivity index (χ0) is 47.1. The van der Waals surface area contributed by atoms with E-state index in [1.807, 2.05) is 45.0 Å². The number of aliphatic hydroxyl groups is 1. The van der Waals surface area contributed by atoms with Crippen LogP contribution in [0, 0.1) is 16.2 Å². The van der Waals surface area contributed by atoms with Crippen LogP contribution in [0.15, 0.2) is 78.4 Å². The molecule has 2 aliphatic rings. The van der Waals surface area contributed by atoms with Crippen molar-refractivity contribution < 1.29 is 38.5 Å². The molecule has 14 nitrogen and oxygen atoms in total. The van der Waals surface area contributed by atoms with Gasteiger partial charge in [-0.15, -0.1) is 11.3 Å². The largest absolute Gasteiger partial charge is 0.494 e. The number of nitrogens with zero attached hydrogens (tertiary/aromatic N) is 2. The van der Waals surface area contributed by atoms with E-state index in [2.05, 4.69) is 48.6 Å². The van der Waals surface area contributed by atoms with Crippen LogP contribution in [-0.2, 0) is 25.7 Å². The third-order valence-corrected chi connectivity index (χ3v) is 13.5. The van der Waals surface area contributed by atoms with Gasteiger partial charge in [0.25, 0.3) is 5.91 Å². The van der Waals surface area contributed by atoms with E-state index in [0.29, 0.717) is 47.4 Å². The SMILES string of the molecule is CC(C)(C)[C@H](NC(=O)COCCCCCOc1ccc(C(=O)N[C@H]2C(C)(C)[C@H](Oc3ccc(N)c(Cl)c3)C2(C)C)cc1)C(=O)N1C[C@H](O)C[C@H]1C(=O)NCc1ccc(-c2cncs2)cc1. The lowest BCUT2D eigenvalue weighted by Crippen LogP contribution is -2.74. The molecule has 1 aromatic heterocycles. The second kappa shape index (κ2) is 21.0. The Morgan fingerprint density at radius 1 is 0.954 bits per heavy atom. The molecule has 0 bridgehead atoms. The number of nitrogens with one attached hydrogen (secondary N) is 3. The molecule has 0 radical (unpaired) electrons. The molecular formula is C49H63ClN6O8S. The van der Waals surface area contributed by atoms with Crippen LogP contribution in [0.3, 0.4) is 0 Å². The van der Waals surface area contributed by atoms with Crippen LogP contribution in [0.25, 0.3) is 10.4 Å². The fourth-order valence-corrected chi connectivity index (χ4v) is 9.85. The number of hydrogen-bond donors (Lipinski definition) is 5. The van der Waals surface area contributed by atoms with Crippen molar-refractivity contribution in [2.24, 2.45) is 16.2 Å². The minimum absolute atomic E-state index is 0.00915. The Bertz CT molecular complexity index is 2250. The van der Waals surface area contributed by atoms with Crippen LogP contribution in [-0.4, -0.2) is 95.3 Å². The number of aliphatic hydroxyl groups excluding tert-OH is 1. The van der Waals surface area contributed by atoms with Gasteiger partial charge in [-0.1, -0.05) is 84.3 Å². The number of aromatic nitrogens is 1. The molecule has 4 aromatic rings. The van der Waals surface area contributed by atoms with Crippen LogP contribution < -0.4 is 31.2 Å². The van der Waals surface area contributed by atoms with E-state index in [-0.39, 0.29) is 60.9 Å². The number of thiazole rings is 1. The molecule has 0 spiro atoms. The predicted octanol–water partition coefficient (Wildman–Crippen LogP) is 7.03. The molecule has 65 heavy (non-hydrogen) atoms. The summed E-state index contributed by atoms with van der Waals surface area (Å²) in [4.78, 5) is 60.2. The Morgan fingerprint density at radius 3 is 2.28 bits per heavy atom. The van der Waals surface area contributed by atoms with E-state index in [0.717, 1.165) is 28.8 Å². The van der Waals surface area contributed by atoms with Crippen LogP contribution in [0.1, 0.15) is 90.1 Å². The van der Waals surface area contributed by atoms with Gasteiger partial charge in [0, 0.05) is 60.8 Å². The lowest BCUT2D eigenvalue weighted by atomic mass is 9.49. The zero-order valence-electron chi connectivity index (χ0n) is 38.3. The summed E-state index contributed by atoms with van der Waals surface area (Å²) in [6.07, 6.45) is 3.12. The maximum atomic E-state index is 13.9. The quantitative estimate of drug-likeness (QED) is 0.0482. The summed E-state index contributed by atoms with van der Waals surface area (Å²) in [6, 6.07) is 18.1. The van der Waals surface area contributed by atoms with Gasteiger partial charge in [0.1, 0.15) is 36.3 Å². The van der Waals surface area contributed by atoms with Crippen LogP contribution in [0.5, 0.6) is 11.5 Å². The number of hydrogen-bond acceptors (Lipinski definition) is 11. The van der Waals surface area contributed by atoms with E-state index in [1.165, 1.54) is 4.90 Å². The number of likely N-dealkylation sites (tertiary alicyclic amines) is 1. The molecule has 3 aromatic carbocycles. The Kier molecular flexibility index (Phi) is 15.9.